The normalized spacial score (nSPS) is 19.9. The molecule has 1 unspecified atom stereocenters. The van der Waals surface area contributed by atoms with Crippen LogP contribution in [0.15, 0.2) is 48.5 Å². The summed E-state index contributed by atoms with van der Waals surface area (Å²) < 4.78 is 11.6. The summed E-state index contributed by atoms with van der Waals surface area (Å²) in [6.45, 7) is 0. The van der Waals surface area contributed by atoms with Crippen LogP contribution >= 0.6 is 11.6 Å². The summed E-state index contributed by atoms with van der Waals surface area (Å²) in [5, 5.41) is 9.65. The molecule has 1 N–H and O–H groups in total. The van der Waals surface area contributed by atoms with Crippen LogP contribution in [0, 0.1) is 0 Å². The average molecular weight is 291 g/mol. The van der Waals surface area contributed by atoms with Crippen LogP contribution in [0.4, 0.5) is 0 Å². The molecule has 0 spiro atoms. The van der Waals surface area contributed by atoms with Gasteiger partial charge in [-0.25, -0.2) is 0 Å². The van der Waals surface area contributed by atoms with E-state index in [9.17, 15) is 4.79 Å². The number of benzene rings is 2. The highest BCUT2D eigenvalue weighted by molar-refractivity contribution is 6.30. The van der Waals surface area contributed by atoms with Gasteiger partial charge in [0.25, 0.3) is 5.79 Å². The zero-order valence-electron chi connectivity index (χ0n) is 10.4. The van der Waals surface area contributed by atoms with Gasteiger partial charge in [0.05, 0.1) is 0 Å². The number of carbonyl (C=O) groups is 1. The van der Waals surface area contributed by atoms with Gasteiger partial charge in [-0.3, -0.25) is 4.79 Å². The summed E-state index contributed by atoms with van der Waals surface area (Å²) in [5.41, 5.74) is 0.648. The van der Waals surface area contributed by atoms with Crippen LogP contribution in [0.2, 0.25) is 5.02 Å². The molecule has 2 aromatic carbocycles. The van der Waals surface area contributed by atoms with Crippen LogP contribution in [0.1, 0.15) is 12.0 Å². The van der Waals surface area contributed by atoms with E-state index >= 15 is 0 Å². The summed E-state index contributed by atoms with van der Waals surface area (Å²) in [6.07, 6.45) is -0.302. The van der Waals surface area contributed by atoms with Crippen molar-refractivity contribution in [2.75, 3.05) is 0 Å². The lowest BCUT2D eigenvalue weighted by Crippen LogP contribution is -2.37. The van der Waals surface area contributed by atoms with Gasteiger partial charge < -0.3 is 14.6 Å². The Morgan fingerprint density at radius 3 is 2.50 bits per heavy atom. The maximum atomic E-state index is 11.2. The van der Waals surface area contributed by atoms with E-state index in [1.54, 1.807) is 30.3 Å². The zero-order valence-corrected chi connectivity index (χ0v) is 11.1. The van der Waals surface area contributed by atoms with Crippen molar-refractivity contribution in [3.05, 3.63) is 59.1 Å². The van der Waals surface area contributed by atoms with Crippen LogP contribution in [0.25, 0.3) is 0 Å². The highest BCUT2D eigenvalue weighted by Crippen LogP contribution is 2.46. The third kappa shape index (κ3) is 2.18. The molecular formula is C15H11ClO4. The molecule has 5 heteroatoms. The second-order valence-corrected chi connectivity index (χ2v) is 4.92. The van der Waals surface area contributed by atoms with Crippen LogP contribution < -0.4 is 9.47 Å². The molecule has 0 fully saturated rings. The van der Waals surface area contributed by atoms with E-state index in [0.29, 0.717) is 22.1 Å². The summed E-state index contributed by atoms with van der Waals surface area (Å²) in [7, 11) is 0. The lowest BCUT2D eigenvalue weighted by atomic mass is 10.0. The molecule has 0 radical (unpaired) electrons. The van der Waals surface area contributed by atoms with Crippen molar-refractivity contribution in [3.63, 3.8) is 0 Å². The molecule has 1 aliphatic heterocycles. The van der Waals surface area contributed by atoms with E-state index in [1.165, 1.54) is 0 Å². The van der Waals surface area contributed by atoms with Crippen LogP contribution in [0.5, 0.6) is 11.5 Å². The fraction of sp³-hybridized carbons (Fsp3) is 0.133. The van der Waals surface area contributed by atoms with Gasteiger partial charge >= 0.3 is 5.97 Å². The quantitative estimate of drug-likeness (QED) is 0.941. The molecule has 0 aliphatic carbocycles. The monoisotopic (exact) mass is 290 g/mol. The molecule has 0 saturated heterocycles. The smallest absolute Gasteiger partial charge is 0.311 e. The summed E-state index contributed by atoms with van der Waals surface area (Å²) in [6, 6.07) is 14.0. The van der Waals surface area contributed by atoms with Crippen LogP contribution in [-0.4, -0.2) is 11.1 Å². The first-order valence-electron chi connectivity index (χ1n) is 6.04. The molecule has 3 rings (SSSR count). The van der Waals surface area contributed by atoms with E-state index in [4.69, 9.17) is 26.2 Å². The Kier molecular flexibility index (Phi) is 3.03. The maximum absolute atomic E-state index is 11.2. The van der Waals surface area contributed by atoms with Crippen molar-refractivity contribution in [2.24, 2.45) is 0 Å². The molecule has 1 heterocycles. The number of carboxylic acid groups (broad SMARTS) is 1. The number of hydrogen-bond donors (Lipinski definition) is 1. The standard InChI is InChI=1S/C15H11ClO4/c16-11-6-7-12-13(8-11)20-15(19-12,9-14(17)18)10-4-2-1-3-5-10/h1-8H,9H2,(H,17,18). The zero-order chi connectivity index (χ0) is 14.2. The van der Waals surface area contributed by atoms with Crippen molar-refractivity contribution >= 4 is 17.6 Å². The summed E-state index contributed by atoms with van der Waals surface area (Å²) in [5.74, 6) is -1.42. The first-order chi connectivity index (χ1) is 9.59. The Labute approximate surface area is 120 Å². The van der Waals surface area contributed by atoms with Gasteiger partial charge in [-0.2, -0.15) is 0 Å². The van der Waals surface area contributed by atoms with Gasteiger partial charge in [0.15, 0.2) is 11.5 Å². The van der Waals surface area contributed by atoms with E-state index in [-0.39, 0.29) is 6.42 Å². The van der Waals surface area contributed by atoms with Gasteiger partial charge in [-0.1, -0.05) is 41.9 Å². The van der Waals surface area contributed by atoms with Crippen LogP contribution in [-0.2, 0) is 10.6 Å². The number of rotatable bonds is 3. The van der Waals surface area contributed by atoms with Gasteiger partial charge in [0.1, 0.15) is 6.42 Å². The first kappa shape index (κ1) is 12.8. The Hall–Kier alpha value is -2.20. The molecule has 0 aromatic heterocycles. The molecular weight excluding hydrogens is 280 g/mol. The summed E-state index contributed by atoms with van der Waals surface area (Å²) in [4.78, 5) is 11.2. The topological polar surface area (TPSA) is 55.8 Å². The molecule has 1 atom stereocenters. The predicted molar refractivity (Wildman–Crippen MR) is 73.1 cm³/mol. The minimum Gasteiger partial charge on any atom is -0.481 e. The lowest BCUT2D eigenvalue weighted by molar-refractivity contribution is -0.154. The van der Waals surface area contributed by atoms with Gasteiger partial charge in [0.2, 0.25) is 0 Å². The number of aliphatic carboxylic acids is 1. The number of carboxylic acids is 1. The maximum Gasteiger partial charge on any atom is 0.311 e. The number of ether oxygens (including phenoxy) is 2. The SMILES string of the molecule is O=C(O)CC1(c2ccccc2)Oc2ccc(Cl)cc2O1. The summed E-state index contributed by atoms with van der Waals surface area (Å²) >= 11 is 5.92. The fourth-order valence-corrected chi connectivity index (χ4v) is 2.37. The average Bonchev–Trinajstić information content (AvgIpc) is 2.77. The van der Waals surface area contributed by atoms with E-state index < -0.39 is 11.8 Å². The van der Waals surface area contributed by atoms with Crippen LogP contribution in [0.3, 0.4) is 0 Å². The third-order valence-corrected chi connectivity index (χ3v) is 3.29. The van der Waals surface area contributed by atoms with Crippen molar-refractivity contribution < 1.29 is 19.4 Å². The minimum absolute atomic E-state index is 0.302. The molecule has 1 aliphatic rings. The Bertz CT molecular complexity index is 656. The van der Waals surface area contributed by atoms with Crippen molar-refractivity contribution in [1.82, 2.24) is 0 Å². The van der Waals surface area contributed by atoms with Crippen molar-refractivity contribution in [1.29, 1.82) is 0 Å². The molecule has 0 amide bonds. The Balaban J connectivity index is 2.05. The van der Waals surface area contributed by atoms with Gasteiger partial charge in [0, 0.05) is 16.7 Å². The fourth-order valence-electron chi connectivity index (χ4n) is 2.21. The molecule has 102 valence electrons. The lowest BCUT2D eigenvalue weighted by Gasteiger charge is -2.26. The minimum atomic E-state index is -1.35. The highest BCUT2D eigenvalue weighted by Gasteiger charge is 2.45. The van der Waals surface area contributed by atoms with Crippen molar-refractivity contribution in [3.8, 4) is 11.5 Å². The second kappa shape index (κ2) is 4.72. The Morgan fingerprint density at radius 2 is 1.80 bits per heavy atom. The second-order valence-electron chi connectivity index (χ2n) is 4.48. The number of hydrogen-bond acceptors (Lipinski definition) is 3. The number of halogens is 1. The Morgan fingerprint density at radius 1 is 1.10 bits per heavy atom. The molecule has 2 aromatic rings. The van der Waals surface area contributed by atoms with E-state index in [2.05, 4.69) is 0 Å². The number of fused-ring (bicyclic) bond motifs is 1. The molecule has 4 nitrogen and oxygen atoms in total. The largest absolute Gasteiger partial charge is 0.481 e. The van der Waals surface area contributed by atoms with Gasteiger partial charge in [-0.15, -0.1) is 0 Å². The molecule has 20 heavy (non-hydrogen) atoms. The first-order valence-corrected chi connectivity index (χ1v) is 6.42. The highest BCUT2D eigenvalue weighted by atomic mass is 35.5. The third-order valence-electron chi connectivity index (χ3n) is 3.05. The molecule has 0 saturated carbocycles. The van der Waals surface area contributed by atoms with E-state index in [0.717, 1.165) is 0 Å². The van der Waals surface area contributed by atoms with Crippen molar-refractivity contribution in [2.45, 2.75) is 12.2 Å². The predicted octanol–water partition coefficient (Wildman–Crippen LogP) is 3.44. The van der Waals surface area contributed by atoms with E-state index in [1.807, 2.05) is 18.2 Å². The molecule has 0 bridgehead atoms. The van der Waals surface area contributed by atoms with Gasteiger partial charge in [-0.05, 0) is 12.1 Å².